The van der Waals surface area contributed by atoms with E-state index in [2.05, 4.69) is 10.7 Å². The van der Waals surface area contributed by atoms with Crippen molar-refractivity contribution < 1.29 is 4.79 Å². The largest absolute Gasteiger partial charge is 0.359 e. The fourth-order valence-corrected chi connectivity index (χ4v) is 0.311. The first kappa shape index (κ1) is 7.39. The van der Waals surface area contributed by atoms with Crippen LogP contribution in [0.3, 0.4) is 0 Å². The molecule has 4 heteroatoms. The molecule has 0 aromatic rings. The molecule has 48 valence electrons. The van der Waals surface area contributed by atoms with Crippen LogP contribution in [0.5, 0.6) is 0 Å². The monoisotopic (exact) mass is 117 g/mol. The summed E-state index contributed by atoms with van der Waals surface area (Å²) >= 11 is 0. The number of carbonyl (C=O) groups excluding carboxylic acids is 1. The molecule has 4 N–H and O–H groups in total. The van der Waals surface area contributed by atoms with Crippen molar-refractivity contribution in [3.63, 3.8) is 0 Å². The Kier molecular flexibility index (Phi) is 4.20. The van der Waals surface area contributed by atoms with Gasteiger partial charge in [0.2, 0.25) is 5.91 Å². The predicted octanol–water partition coefficient (Wildman–Crippen LogP) is -1.41. The van der Waals surface area contributed by atoms with Gasteiger partial charge >= 0.3 is 0 Å². The van der Waals surface area contributed by atoms with Crippen molar-refractivity contribution >= 4 is 5.91 Å². The number of carbonyl (C=O) groups is 1. The Bertz CT molecular complexity index is 73.7. The molecule has 0 radical (unpaired) electrons. The van der Waals surface area contributed by atoms with Gasteiger partial charge in [0, 0.05) is 20.0 Å². The molecule has 0 aromatic carbocycles. The van der Waals surface area contributed by atoms with Crippen LogP contribution in [0.1, 0.15) is 6.42 Å². The first-order valence-electron chi connectivity index (χ1n) is 2.45. The fraction of sp³-hybridized carbons (Fsp3) is 0.750. The van der Waals surface area contributed by atoms with E-state index >= 15 is 0 Å². The highest BCUT2D eigenvalue weighted by Crippen LogP contribution is 1.70. The van der Waals surface area contributed by atoms with Crippen molar-refractivity contribution in [2.75, 3.05) is 13.6 Å². The van der Waals surface area contributed by atoms with Gasteiger partial charge in [0.15, 0.2) is 0 Å². The lowest BCUT2D eigenvalue weighted by atomic mass is 10.4. The lowest BCUT2D eigenvalue weighted by molar-refractivity contribution is -0.120. The number of hydrogen-bond acceptors (Lipinski definition) is 3. The highest BCUT2D eigenvalue weighted by atomic mass is 16.1. The molecule has 0 bridgehead atoms. The minimum Gasteiger partial charge on any atom is -0.359 e. The second-order valence-corrected chi connectivity index (χ2v) is 1.38. The fourth-order valence-electron chi connectivity index (χ4n) is 0.311. The van der Waals surface area contributed by atoms with Gasteiger partial charge in [-0.15, -0.1) is 0 Å². The van der Waals surface area contributed by atoms with Gasteiger partial charge in [-0.2, -0.15) is 0 Å². The van der Waals surface area contributed by atoms with Gasteiger partial charge in [0.05, 0.1) is 0 Å². The number of rotatable bonds is 3. The third-order valence-electron chi connectivity index (χ3n) is 0.775. The maximum atomic E-state index is 10.4. The topological polar surface area (TPSA) is 67.2 Å². The maximum absolute atomic E-state index is 10.4. The van der Waals surface area contributed by atoms with E-state index in [1.54, 1.807) is 7.05 Å². The molecule has 1 amide bonds. The first-order chi connectivity index (χ1) is 3.81. The van der Waals surface area contributed by atoms with Crippen LogP contribution < -0.4 is 16.6 Å². The molecule has 0 unspecified atom stereocenters. The van der Waals surface area contributed by atoms with E-state index in [9.17, 15) is 4.79 Å². The zero-order valence-corrected chi connectivity index (χ0v) is 4.90. The normalized spacial score (nSPS) is 8.75. The van der Waals surface area contributed by atoms with E-state index in [1.165, 1.54) is 0 Å². The summed E-state index contributed by atoms with van der Waals surface area (Å²) in [6, 6.07) is 0. The number of hydrazine groups is 1. The van der Waals surface area contributed by atoms with Gasteiger partial charge in [-0.25, -0.2) is 0 Å². The highest BCUT2D eigenvalue weighted by Gasteiger charge is 1.92. The molecule has 4 nitrogen and oxygen atoms in total. The van der Waals surface area contributed by atoms with Crippen molar-refractivity contribution in [1.82, 2.24) is 10.7 Å². The van der Waals surface area contributed by atoms with Gasteiger partial charge in [-0.3, -0.25) is 16.1 Å². The Morgan fingerprint density at radius 2 is 2.38 bits per heavy atom. The van der Waals surface area contributed by atoms with Crippen LogP contribution in [0.15, 0.2) is 0 Å². The zero-order valence-electron chi connectivity index (χ0n) is 4.90. The molecule has 0 atom stereocenters. The summed E-state index contributed by atoms with van der Waals surface area (Å²) in [6.07, 6.45) is 0.438. The van der Waals surface area contributed by atoms with E-state index in [4.69, 9.17) is 5.84 Å². The molecule has 0 heterocycles. The van der Waals surface area contributed by atoms with Gasteiger partial charge in [-0.05, 0) is 0 Å². The van der Waals surface area contributed by atoms with Crippen LogP contribution in [0.25, 0.3) is 0 Å². The Morgan fingerprint density at radius 3 is 2.75 bits per heavy atom. The average molecular weight is 117 g/mol. The molecule has 0 saturated heterocycles. The molecule has 8 heavy (non-hydrogen) atoms. The Balaban J connectivity index is 2.99. The smallest absolute Gasteiger partial charge is 0.221 e. The summed E-state index contributed by atoms with van der Waals surface area (Å²) in [5.41, 5.74) is 2.37. The van der Waals surface area contributed by atoms with Crippen LogP contribution >= 0.6 is 0 Å². The Hall–Kier alpha value is -0.610. The first-order valence-corrected chi connectivity index (χ1v) is 2.45. The molecule has 0 aliphatic rings. The van der Waals surface area contributed by atoms with Crippen molar-refractivity contribution in [3.8, 4) is 0 Å². The average Bonchev–Trinajstić information content (AvgIpc) is 1.83. The van der Waals surface area contributed by atoms with Crippen molar-refractivity contribution in [3.05, 3.63) is 0 Å². The van der Waals surface area contributed by atoms with Gasteiger partial charge in [0.25, 0.3) is 0 Å². The van der Waals surface area contributed by atoms with Crippen molar-refractivity contribution in [2.45, 2.75) is 6.42 Å². The highest BCUT2D eigenvalue weighted by molar-refractivity contribution is 5.75. The molecule has 0 saturated carbocycles. The van der Waals surface area contributed by atoms with Crippen molar-refractivity contribution in [2.24, 2.45) is 5.84 Å². The molecular formula is C4H11N3O. The lowest BCUT2D eigenvalue weighted by Gasteiger charge is -1.95. The number of amides is 1. The standard InChI is InChI=1S/C4H11N3O/c1-6-4(8)2-3-7-5/h7H,2-3,5H2,1H3,(H,6,8). The van der Waals surface area contributed by atoms with E-state index in [0.29, 0.717) is 13.0 Å². The third kappa shape index (κ3) is 3.58. The summed E-state index contributed by atoms with van der Waals surface area (Å²) in [4.78, 5) is 10.4. The minimum atomic E-state index is 0.00273. The second kappa shape index (κ2) is 4.55. The quantitative estimate of drug-likeness (QED) is 0.314. The Labute approximate surface area is 48.4 Å². The summed E-state index contributed by atoms with van der Waals surface area (Å²) < 4.78 is 0. The third-order valence-corrected chi connectivity index (χ3v) is 0.775. The van der Waals surface area contributed by atoms with E-state index < -0.39 is 0 Å². The van der Waals surface area contributed by atoms with Gasteiger partial charge < -0.3 is 5.32 Å². The molecular weight excluding hydrogens is 106 g/mol. The summed E-state index contributed by atoms with van der Waals surface area (Å²) in [5.74, 6) is 4.90. The van der Waals surface area contributed by atoms with Crippen LogP contribution in [0, 0.1) is 0 Å². The number of hydrogen-bond donors (Lipinski definition) is 3. The van der Waals surface area contributed by atoms with Gasteiger partial charge in [0.1, 0.15) is 0 Å². The van der Waals surface area contributed by atoms with Crippen molar-refractivity contribution in [1.29, 1.82) is 0 Å². The predicted molar refractivity (Wildman–Crippen MR) is 30.9 cm³/mol. The van der Waals surface area contributed by atoms with E-state index in [0.717, 1.165) is 0 Å². The zero-order chi connectivity index (χ0) is 6.41. The molecule has 0 aliphatic heterocycles. The molecule has 0 rings (SSSR count). The lowest BCUT2D eigenvalue weighted by Crippen LogP contribution is -2.28. The number of nitrogens with two attached hydrogens (primary N) is 1. The molecule has 0 aromatic heterocycles. The van der Waals surface area contributed by atoms with Crippen LogP contribution in [0.2, 0.25) is 0 Å². The minimum absolute atomic E-state index is 0.00273. The maximum Gasteiger partial charge on any atom is 0.221 e. The summed E-state index contributed by atoms with van der Waals surface area (Å²) in [7, 11) is 1.60. The van der Waals surface area contributed by atoms with Gasteiger partial charge in [-0.1, -0.05) is 0 Å². The van der Waals surface area contributed by atoms with E-state index in [1.807, 2.05) is 0 Å². The van der Waals surface area contributed by atoms with Crippen LogP contribution in [0.4, 0.5) is 0 Å². The summed E-state index contributed by atoms with van der Waals surface area (Å²) in [6.45, 7) is 0.527. The summed E-state index contributed by atoms with van der Waals surface area (Å²) in [5, 5.41) is 2.47. The van der Waals surface area contributed by atoms with Crippen LogP contribution in [-0.2, 0) is 4.79 Å². The van der Waals surface area contributed by atoms with Crippen LogP contribution in [-0.4, -0.2) is 19.5 Å². The number of nitrogens with one attached hydrogen (secondary N) is 2. The molecule has 0 fully saturated rings. The molecule has 0 spiro atoms. The Morgan fingerprint density at radius 1 is 1.75 bits per heavy atom. The second-order valence-electron chi connectivity index (χ2n) is 1.38. The van der Waals surface area contributed by atoms with E-state index in [-0.39, 0.29) is 5.91 Å². The molecule has 0 aliphatic carbocycles. The SMILES string of the molecule is CNC(=O)CCNN.